The first kappa shape index (κ1) is 22.4. The van der Waals surface area contributed by atoms with Gasteiger partial charge in [0.05, 0.1) is 19.9 Å². The fourth-order valence-corrected chi connectivity index (χ4v) is 3.40. The largest absolute Gasteiger partial charge is 0.493 e. The number of halogens is 1. The number of ether oxygens (including phenoxy) is 3. The molecule has 0 aliphatic heterocycles. The summed E-state index contributed by atoms with van der Waals surface area (Å²) < 4.78 is 35.1. The van der Waals surface area contributed by atoms with E-state index in [0.29, 0.717) is 36.0 Å². The Kier molecular flexibility index (Phi) is 8.32. The van der Waals surface area contributed by atoms with Crippen molar-refractivity contribution in [2.45, 2.75) is 20.1 Å². The second-order valence-corrected chi connectivity index (χ2v) is 7.47. The molecule has 2 aromatic heterocycles. The number of fused-ring (bicyclic) bond motifs is 1. The van der Waals surface area contributed by atoms with Crippen LogP contribution in [0.4, 0.5) is 4.39 Å². The van der Waals surface area contributed by atoms with Crippen LogP contribution in [0.2, 0.25) is 0 Å². The minimum Gasteiger partial charge on any atom is -0.493 e. The molecule has 0 radical (unpaired) electrons. The topological polar surface area (TPSA) is 86.8 Å². The Hall–Kier alpha value is -2.33. The van der Waals surface area contributed by atoms with Gasteiger partial charge in [-0.3, -0.25) is 4.39 Å². The van der Waals surface area contributed by atoms with E-state index >= 15 is 0 Å². The predicted molar refractivity (Wildman–Crippen MR) is 113 cm³/mol. The van der Waals surface area contributed by atoms with Gasteiger partial charge in [-0.2, -0.15) is 0 Å². The van der Waals surface area contributed by atoms with Crippen LogP contribution in [-0.4, -0.2) is 48.2 Å². The first-order valence-electron chi connectivity index (χ1n) is 9.74. The van der Waals surface area contributed by atoms with E-state index in [1.54, 1.807) is 30.5 Å². The standard InChI is InChI=1S/C21H25FN2O5S/c1-3-26-21(27-4-2)20-23-11-16(30-20)6-8-19-24-17-7-5-15(9-18(17)29-19)28-13-14(10-22)12-25/h5-9,11,14,21,25H,3-4,10,12-13H2,1-2H3/b8-6+. The van der Waals surface area contributed by atoms with E-state index in [-0.39, 0.29) is 13.2 Å². The number of aromatic nitrogens is 2. The fraction of sp³-hybridized carbons (Fsp3) is 0.429. The van der Waals surface area contributed by atoms with Crippen molar-refractivity contribution in [2.75, 3.05) is 33.1 Å². The van der Waals surface area contributed by atoms with Gasteiger partial charge in [0.2, 0.25) is 12.2 Å². The minimum absolute atomic E-state index is 0.0948. The van der Waals surface area contributed by atoms with Gasteiger partial charge in [-0.25, -0.2) is 9.97 Å². The van der Waals surface area contributed by atoms with Crippen molar-refractivity contribution in [1.29, 1.82) is 0 Å². The van der Waals surface area contributed by atoms with Crippen molar-refractivity contribution < 1.29 is 28.1 Å². The molecule has 0 fully saturated rings. The lowest BCUT2D eigenvalue weighted by molar-refractivity contribution is -0.140. The highest BCUT2D eigenvalue weighted by molar-refractivity contribution is 7.12. The van der Waals surface area contributed by atoms with Crippen LogP contribution in [0.3, 0.4) is 0 Å². The third kappa shape index (κ3) is 5.85. The highest BCUT2D eigenvalue weighted by Crippen LogP contribution is 2.27. The molecule has 0 aliphatic carbocycles. The molecule has 1 N–H and O–H groups in total. The summed E-state index contributed by atoms with van der Waals surface area (Å²) in [6.45, 7) is 4.11. The molecule has 30 heavy (non-hydrogen) atoms. The fourth-order valence-electron chi connectivity index (χ4n) is 2.58. The molecule has 0 aliphatic rings. The number of benzene rings is 1. The molecule has 3 aromatic rings. The molecule has 3 rings (SSSR count). The van der Waals surface area contributed by atoms with E-state index in [0.717, 1.165) is 9.88 Å². The van der Waals surface area contributed by atoms with Gasteiger partial charge in [-0.15, -0.1) is 11.3 Å². The van der Waals surface area contributed by atoms with Gasteiger partial charge in [0.1, 0.15) is 16.3 Å². The average Bonchev–Trinajstić information content (AvgIpc) is 3.39. The summed E-state index contributed by atoms with van der Waals surface area (Å²) in [7, 11) is 0. The Morgan fingerprint density at radius 3 is 2.73 bits per heavy atom. The Balaban J connectivity index is 1.68. The first-order valence-corrected chi connectivity index (χ1v) is 10.6. The summed E-state index contributed by atoms with van der Waals surface area (Å²) in [6.07, 6.45) is 4.92. The van der Waals surface area contributed by atoms with Gasteiger partial charge >= 0.3 is 0 Å². The van der Waals surface area contributed by atoms with Crippen LogP contribution < -0.4 is 4.74 Å². The van der Waals surface area contributed by atoms with Gasteiger partial charge in [0.25, 0.3) is 0 Å². The van der Waals surface area contributed by atoms with E-state index < -0.39 is 18.9 Å². The molecule has 9 heteroatoms. The lowest BCUT2D eigenvalue weighted by atomic mass is 10.2. The molecule has 162 valence electrons. The molecule has 0 saturated heterocycles. The number of hydrogen-bond donors (Lipinski definition) is 1. The van der Waals surface area contributed by atoms with Crippen molar-refractivity contribution in [3.05, 3.63) is 40.2 Å². The molecule has 1 atom stereocenters. The predicted octanol–water partition coefficient (Wildman–Crippen LogP) is 4.48. The van der Waals surface area contributed by atoms with Crippen molar-refractivity contribution in [3.8, 4) is 5.75 Å². The van der Waals surface area contributed by atoms with Gasteiger partial charge in [0, 0.05) is 42.3 Å². The van der Waals surface area contributed by atoms with Crippen LogP contribution in [0.5, 0.6) is 5.75 Å². The second kappa shape index (κ2) is 11.2. The van der Waals surface area contributed by atoms with E-state index in [2.05, 4.69) is 9.97 Å². The van der Waals surface area contributed by atoms with Gasteiger partial charge in [-0.1, -0.05) is 0 Å². The van der Waals surface area contributed by atoms with E-state index in [9.17, 15) is 4.39 Å². The smallest absolute Gasteiger partial charge is 0.220 e. The highest BCUT2D eigenvalue weighted by atomic mass is 32.1. The quantitative estimate of drug-likeness (QED) is 0.419. The molecule has 1 unspecified atom stereocenters. The summed E-state index contributed by atoms with van der Waals surface area (Å²) >= 11 is 1.47. The Morgan fingerprint density at radius 2 is 2.03 bits per heavy atom. The Bertz CT molecular complexity index is 948. The zero-order valence-electron chi connectivity index (χ0n) is 16.9. The third-order valence-electron chi connectivity index (χ3n) is 4.11. The van der Waals surface area contributed by atoms with Gasteiger partial charge in [-0.05, 0) is 32.1 Å². The Morgan fingerprint density at radius 1 is 1.23 bits per heavy atom. The summed E-state index contributed by atoms with van der Waals surface area (Å²) in [5.74, 6) is 0.439. The number of oxazole rings is 1. The molecule has 0 saturated carbocycles. The van der Waals surface area contributed by atoms with Crippen molar-refractivity contribution in [1.82, 2.24) is 9.97 Å². The van der Waals surface area contributed by atoms with E-state index in [1.165, 1.54) is 11.3 Å². The van der Waals surface area contributed by atoms with Gasteiger partial charge < -0.3 is 23.7 Å². The average molecular weight is 437 g/mol. The number of aliphatic hydroxyl groups is 1. The number of hydrogen-bond acceptors (Lipinski definition) is 8. The highest BCUT2D eigenvalue weighted by Gasteiger charge is 2.15. The maximum Gasteiger partial charge on any atom is 0.220 e. The zero-order chi connectivity index (χ0) is 21.3. The third-order valence-corrected chi connectivity index (χ3v) is 5.09. The monoisotopic (exact) mass is 436 g/mol. The molecule has 1 aromatic carbocycles. The number of nitrogens with zero attached hydrogens (tertiary/aromatic N) is 2. The molecule has 0 amide bonds. The Labute approximate surface area is 178 Å². The minimum atomic E-state index is -0.634. The van der Waals surface area contributed by atoms with Crippen LogP contribution in [-0.2, 0) is 9.47 Å². The summed E-state index contributed by atoms with van der Waals surface area (Å²) in [5, 5.41) is 9.80. The van der Waals surface area contributed by atoms with Crippen LogP contribution in [0.25, 0.3) is 23.3 Å². The SMILES string of the molecule is CCOC(OCC)c1ncc(/C=C/c2nc3ccc(OCC(CO)CF)cc3o2)s1. The molecule has 0 bridgehead atoms. The molecule has 7 nitrogen and oxygen atoms in total. The normalized spacial score (nSPS) is 13.0. The molecular formula is C21H25FN2O5S. The lowest BCUT2D eigenvalue weighted by Crippen LogP contribution is -2.17. The second-order valence-electron chi connectivity index (χ2n) is 6.37. The van der Waals surface area contributed by atoms with Crippen molar-refractivity contribution in [2.24, 2.45) is 5.92 Å². The number of thiazole rings is 1. The van der Waals surface area contributed by atoms with Crippen LogP contribution >= 0.6 is 11.3 Å². The maximum atomic E-state index is 12.7. The molecule has 0 spiro atoms. The summed E-state index contributed by atoms with van der Waals surface area (Å²) in [4.78, 5) is 9.72. The van der Waals surface area contributed by atoms with Crippen LogP contribution in [0.15, 0.2) is 28.8 Å². The zero-order valence-corrected chi connectivity index (χ0v) is 17.7. The molecular weight excluding hydrogens is 411 g/mol. The van der Waals surface area contributed by atoms with E-state index in [4.69, 9.17) is 23.7 Å². The lowest BCUT2D eigenvalue weighted by Gasteiger charge is -2.13. The van der Waals surface area contributed by atoms with Gasteiger partial charge in [0.15, 0.2) is 5.58 Å². The van der Waals surface area contributed by atoms with Crippen LogP contribution in [0.1, 0.15) is 35.9 Å². The number of aliphatic hydroxyl groups excluding tert-OH is 1. The summed E-state index contributed by atoms with van der Waals surface area (Å²) in [5.41, 5.74) is 1.25. The summed E-state index contributed by atoms with van der Waals surface area (Å²) in [6, 6.07) is 5.21. The number of rotatable bonds is 12. The number of alkyl halides is 1. The molecule has 2 heterocycles. The maximum absolute atomic E-state index is 12.7. The van der Waals surface area contributed by atoms with E-state index in [1.807, 2.05) is 19.9 Å². The van der Waals surface area contributed by atoms with Crippen LogP contribution in [0, 0.1) is 5.92 Å². The van der Waals surface area contributed by atoms with Crippen molar-refractivity contribution >= 4 is 34.6 Å². The van der Waals surface area contributed by atoms with Crippen molar-refractivity contribution in [3.63, 3.8) is 0 Å². The first-order chi connectivity index (χ1) is 14.7.